The van der Waals surface area contributed by atoms with E-state index in [1.807, 2.05) is 28.7 Å². The van der Waals surface area contributed by atoms with Gasteiger partial charge >= 0.3 is 6.18 Å². The molecule has 0 saturated carbocycles. The Kier molecular flexibility index (Phi) is 6.79. The maximum absolute atomic E-state index is 12.7. The fraction of sp³-hybridized carbons (Fsp3) is 0.346. The van der Waals surface area contributed by atoms with Gasteiger partial charge in [0.25, 0.3) is 11.8 Å². The summed E-state index contributed by atoms with van der Waals surface area (Å²) in [6.45, 7) is 1.74. The van der Waals surface area contributed by atoms with Gasteiger partial charge in [-0.2, -0.15) is 13.2 Å². The summed E-state index contributed by atoms with van der Waals surface area (Å²) < 4.78 is 40.2. The van der Waals surface area contributed by atoms with E-state index in [4.69, 9.17) is 0 Å². The highest BCUT2D eigenvalue weighted by molar-refractivity contribution is 8.04. The molecule has 188 valence electrons. The zero-order valence-corrected chi connectivity index (χ0v) is 20.2. The molecule has 10 heteroatoms. The molecular formula is C26H25F3N4O2S. The monoisotopic (exact) mass is 514 g/mol. The van der Waals surface area contributed by atoms with Gasteiger partial charge in [-0.3, -0.25) is 14.0 Å². The van der Waals surface area contributed by atoms with Crippen LogP contribution in [0.1, 0.15) is 47.3 Å². The third-order valence-corrected chi connectivity index (χ3v) is 7.72. The molecule has 0 bridgehead atoms. The Labute approximate surface area is 210 Å². The molecule has 5 rings (SSSR count). The number of hydrogen-bond acceptors (Lipinski definition) is 4. The second-order valence-electron chi connectivity index (χ2n) is 9.06. The summed E-state index contributed by atoms with van der Waals surface area (Å²) in [5.74, 6) is 0.125. The van der Waals surface area contributed by atoms with Crippen LogP contribution in [-0.4, -0.2) is 45.7 Å². The van der Waals surface area contributed by atoms with Gasteiger partial charge in [-0.05, 0) is 74.1 Å². The standard InChI is InChI=1S/C26H25F3N4O2S/c27-26(28,29)19-8-6-18(7-9-19)25(35)32-13-10-17(11-14-32)3-2-12-30-24(34)21-15-20-16-31-22-4-1-5-23(36-21)33(20)22/h1,4-9,15-17H,2-3,10-14H2,(H,30,34). The summed E-state index contributed by atoms with van der Waals surface area (Å²) in [6.07, 6.45) is 2.68. The molecule has 2 aromatic heterocycles. The lowest BCUT2D eigenvalue weighted by Gasteiger charge is -2.32. The number of nitrogens with zero attached hydrogens (tertiary/aromatic N) is 3. The van der Waals surface area contributed by atoms with E-state index < -0.39 is 11.7 Å². The van der Waals surface area contributed by atoms with Crippen molar-refractivity contribution in [2.45, 2.75) is 36.9 Å². The van der Waals surface area contributed by atoms with Crippen molar-refractivity contribution >= 4 is 35.3 Å². The predicted octanol–water partition coefficient (Wildman–Crippen LogP) is 5.25. The normalized spacial score (nSPS) is 16.2. The number of imidazole rings is 1. The Morgan fingerprint density at radius 3 is 2.56 bits per heavy atom. The topological polar surface area (TPSA) is 66.7 Å². The van der Waals surface area contributed by atoms with Crippen molar-refractivity contribution in [3.63, 3.8) is 0 Å². The minimum absolute atomic E-state index is 0.0959. The number of amides is 2. The zero-order chi connectivity index (χ0) is 25.3. The first-order valence-corrected chi connectivity index (χ1v) is 12.7. The highest BCUT2D eigenvalue weighted by Crippen LogP contribution is 2.34. The SMILES string of the molecule is O=C(NCCCC1CCN(C(=O)c2ccc(C(F)(F)F)cc2)CC1)C1=Cc2cnc3cccc(n23)S1. The van der Waals surface area contributed by atoms with Crippen LogP contribution in [0.5, 0.6) is 0 Å². The first-order chi connectivity index (χ1) is 17.3. The van der Waals surface area contributed by atoms with E-state index in [1.165, 1.54) is 23.9 Å². The van der Waals surface area contributed by atoms with Crippen LogP contribution in [0.15, 0.2) is 58.6 Å². The first kappa shape index (κ1) is 24.4. The second kappa shape index (κ2) is 10.0. The summed E-state index contributed by atoms with van der Waals surface area (Å²) in [5, 5.41) is 3.97. The maximum atomic E-state index is 12.7. The van der Waals surface area contributed by atoms with E-state index >= 15 is 0 Å². The maximum Gasteiger partial charge on any atom is 0.416 e. The van der Waals surface area contributed by atoms with Gasteiger partial charge in [-0.25, -0.2) is 4.98 Å². The lowest BCUT2D eigenvalue weighted by atomic mass is 9.92. The molecule has 2 amide bonds. The third-order valence-electron chi connectivity index (χ3n) is 6.67. The summed E-state index contributed by atoms with van der Waals surface area (Å²) in [6, 6.07) is 10.2. The molecule has 1 N–H and O–H groups in total. The number of halogens is 3. The highest BCUT2D eigenvalue weighted by atomic mass is 32.2. The number of likely N-dealkylation sites (tertiary alicyclic amines) is 1. The molecule has 1 aromatic carbocycles. The van der Waals surface area contributed by atoms with Gasteiger partial charge in [0.2, 0.25) is 0 Å². The van der Waals surface area contributed by atoms with Crippen LogP contribution in [0, 0.1) is 5.92 Å². The van der Waals surface area contributed by atoms with Crippen LogP contribution < -0.4 is 5.32 Å². The van der Waals surface area contributed by atoms with Gasteiger partial charge in [-0.15, -0.1) is 0 Å². The van der Waals surface area contributed by atoms with Crippen LogP contribution in [0.25, 0.3) is 11.7 Å². The van der Waals surface area contributed by atoms with Crippen molar-refractivity contribution in [3.8, 4) is 0 Å². The second-order valence-corrected chi connectivity index (χ2v) is 10.1. The Morgan fingerprint density at radius 2 is 1.83 bits per heavy atom. The van der Waals surface area contributed by atoms with Gasteiger partial charge in [0, 0.05) is 25.2 Å². The molecule has 6 nitrogen and oxygen atoms in total. The average Bonchev–Trinajstić information content (AvgIpc) is 3.30. The number of alkyl halides is 3. The number of rotatable bonds is 6. The van der Waals surface area contributed by atoms with E-state index in [9.17, 15) is 22.8 Å². The fourth-order valence-corrected chi connectivity index (χ4v) is 5.69. The molecule has 0 radical (unpaired) electrons. The van der Waals surface area contributed by atoms with Gasteiger partial charge in [-0.1, -0.05) is 17.8 Å². The number of thioether (sulfide) groups is 1. The zero-order valence-electron chi connectivity index (χ0n) is 19.4. The van der Waals surface area contributed by atoms with Gasteiger partial charge in [0.1, 0.15) is 5.65 Å². The van der Waals surface area contributed by atoms with E-state index in [2.05, 4.69) is 10.3 Å². The van der Waals surface area contributed by atoms with E-state index in [1.54, 1.807) is 11.1 Å². The largest absolute Gasteiger partial charge is 0.416 e. The molecule has 36 heavy (non-hydrogen) atoms. The molecule has 2 aliphatic rings. The van der Waals surface area contributed by atoms with Crippen molar-refractivity contribution in [3.05, 3.63) is 70.4 Å². The summed E-state index contributed by atoms with van der Waals surface area (Å²) in [5.41, 5.74) is 1.27. The Balaban J connectivity index is 1.05. The van der Waals surface area contributed by atoms with Crippen molar-refractivity contribution in [2.75, 3.05) is 19.6 Å². The van der Waals surface area contributed by atoms with Crippen molar-refractivity contribution < 1.29 is 22.8 Å². The highest BCUT2D eigenvalue weighted by Gasteiger charge is 2.31. The van der Waals surface area contributed by atoms with E-state index in [0.29, 0.717) is 30.5 Å². The van der Waals surface area contributed by atoms with Crippen molar-refractivity contribution in [1.29, 1.82) is 0 Å². The summed E-state index contributed by atoms with van der Waals surface area (Å²) >= 11 is 1.43. The number of aromatic nitrogens is 2. The smallest absolute Gasteiger partial charge is 0.352 e. The number of carbonyl (C=O) groups is 2. The van der Waals surface area contributed by atoms with Crippen LogP contribution in [0.3, 0.4) is 0 Å². The summed E-state index contributed by atoms with van der Waals surface area (Å²) in [7, 11) is 0. The van der Waals surface area contributed by atoms with Crippen molar-refractivity contribution in [1.82, 2.24) is 19.6 Å². The number of benzene rings is 1. The third kappa shape index (κ3) is 5.13. The van der Waals surface area contributed by atoms with Crippen LogP contribution >= 0.6 is 11.8 Å². The van der Waals surface area contributed by atoms with Crippen LogP contribution in [-0.2, 0) is 11.0 Å². The molecule has 0 atom stereocenters. The molecule has 4 heterocycles. The molecule has 3 aromatic rings. The van der Waals surface area contributed by atoms with Gasteiger partial charge < -0.3 is 10.2 Å². The van der Waals surface area contributed by atoms with Crippen molar-refractivity contribution in [2.24, 2.45) is 5.92 Å². The molecule has 1 fully saturated rings. The minimum Gasteiger partial charge on any atom is -0.352 e. The number of piperidine rings is 1. The quantitative estimate of drug-likeness (QED) is 0.457. The first-order valence-electron chi connectivity index (χ1n) is 11.9. The van der Waals surface area contributed by atoms with Crippen LogP contribution in [0.2, 0.25) is 0 Å². The molecule has 0 aliphatic carbocycles. The number of nitrogens with one attached hydrogen (secondary N) is 1. The van der Waals surface area contributed by atoms with Gasteiger partial charge in [0.15, 0.2) is 0 Å². The molecular weight excluding hydrogens is 489 g/mol. The lowest BCUT2D eigenvalue weighted by Crippen LogP contribution is -2.38. The Hall–Kier alpha value is -3.27. The average molecular weight is 515 g/mol. The fourth-order valence-electron chi connectivity index (χ4n) is 4.69. The van der Waals surface area contributed by atoms with Gasteiger partial charge in [0.05, 0.1) is 27.4 Å². The lowest BCUT2D eigenvalue weighted by molar-refractivity contribution is -0.137. The summed E-state index contributed by atoms with van der Waals surface area (Å²) in [4.78, 5) is 32.1. The van der Waals surface area contributed by atoms with E-state index in [-0.39, 0.29) is 17.4 Å². The number of carbonyl (C=O) groups excluding carboxylic acids is 2. The van der Waals surface area contributed by atoms with Crippen LogP contribution in [0.4, 0.5) is 13.2 Å². The Bertz CT molecular complexity index is 1310. The number of pyridine rings is 1. The molecule has 0 unspecified atom stereocenters. The number of hydrogen-bond donors (Lipinski definition) is 1. The molecule has 0 spiro atoms. The minimum atomic E-state index is -4.41. The molecule has 2 aliphatic heterocycles. The van der Waals surface area contributed by atoms with E-state index in [0.717, 1.165) is 54.2 Å². The molecule has 1 saturated heterocycles. The Morgan fingerprint density at radius 1 is 1.08 bits per heavy atom. The predicted molar refractivity (Wildman–Crippen MR) is 131 cm³/mol.